The summed E-state index contributed by atoms with van der Waals surface area (Å²) in [6, 6.07) is 6.16. The van der Waals surface area contributed by atoms with Crippen molar-refractivity contribution in [3.8, 4) is 0 Å². The van der Waals surface area contributed by atoms with Crippen LogP contribution in [0.3, 0.4) is 0 Å². The predicted molar refractivity (Wildman–Crippen MR) is 73.6 cm³/mol. The summed E-state index contributed by atoms with van der Waals surface area (Å²) in [4.78, 5) is 4.44. The zero-order valence-electron chi connectivity index (χ0n) is 10.2. The fourth-order valence-electron chi connectivity index (χ4n) is 1.85. The van der Waals surface area contributed by atoms with Crippen LogP contribution in [0.4, 0.5) is 0 Å². The summed E-state index contributed by atoms with van der Waals surface area (Å²) in [5.74, 6) is 0. The Hall–Kier alpha value is -0.370. The fraction of sp³-hybridized carbons (Fsp3) is 0.643. The van der Waals surface area contributed by atoms with Gasteiger partial charge in [-0.15, -0.1) is 0 Å². The summed E-state index contributed by atoms with van der Waals surface area (Å²) >= 11 is 3.40. The van der Waals surface area contributed by atoms with E-state index in [2.05, 4.69) is 40.0 Å². The maximum absolute atomic E-state index is 4.44. The second kappa shape index (κ2) is 8.74. The molecule has 1 rings (SSSR count). The number of unbranched alkanes of at least 4 members (excludes halogenated alkanes) is 6. The van der Waals surface area contributed by atoms with E-state index < -0.39 is 0 Å². The Balaban J connectivity index is 2.03. The van der Waals surface area contributed by atoms with Gasteiger partial charge in [0.05, 0.1) is 0 Å². The third-order valence-corrected chi connectivity index (χ3v) is 3.25. The minimum absolute atomic E-state index is 0.952. The van der Waals surface area contributed by atoms with Crippen molar-refractivity contribution in [2.75, 3.05) is 0 Å². The molecule has 0 aliphatic rings. The van der Waals surface area contributed by atoms with Crippen molar-refractivity contribution in [3.05, 3.63) is 28.5 Å². The first kappa shape index (κ1) is 13.7. The molecule has 1 heterocycles. The first-order valence-electron chi connectivity index (χ1n) is 6.44. The molecule has 0 bridgehead atoms. The molecule has 0 amide bonds. The highest BCUT2D eigenvalue weighted by Gasteiger charge is 1.96. The first-order valence-corrected chi connectivity index (χ1v) is 7.23. The van der Waals surface area contributed by atoms with E-state index in [0.29, 0.717) is 0 Å². The number of aromatic nitrogens is 1. The lowest BCUT2D eigenvalue weighted by Gasteiger charge is -2.02. The summed E-state index contributed by atoms with van der Waals surface area (Å²) in [6.07, 6.45) is 10.7. The molecule has 0 saturated heterocycles. The van der Waals surface area contributed by atoms with Crippen LogP contribution in [-0.2, 0) is 6.42 Å². The van der Waals surface area contributed by atoms with Crippen LogP contribution in [0.15, 0.2) is 22.8 Å². The number of rotatable bonds is 8. The Bertz CT molecular complexity index is 286. The molecular weight excluding hydrogens is 262 g/mol. The lowest BCUT2D eigenvalue weighted by Crippen LogP contribution is -1.90. The van der Waals surface area contributed by atoms with Crippen molar-refractivity contribution >= 4 is 15.9 Å². The highest BCUT2D eigenvalue weighted by atomic mass is 79.9. The van der Waals surface area contributed by atoms with E-state index in [0.717, 1.165) is 11.0 Å². The van der Waals surface area contributed by atoms with Crippen molar-refractivity contribution in [2.24, 2.45) is 0 Å². The van der Waals surface area contributed by atoms with E-state index in [9.17, 15) is 0 Å². The highest BCUT2D eigenvalue weighted by molar-refractivity contribution is 9.10. The number of pyridine rings is 1. The molecule has 0 saturated carbocycles. The summed E-state index contributed by atoms with van der Waals surface area (Å²) in [5, 5.41) is 0. The minimum atomic E-state index is 0.952. The standard InChI is InChI=1S/C14H22BrN/c1-2-3-4-5-6-7-8-10-13-11-9-12-14(15)16-13/h9,11-12H,2-8,10H2,1H3. The number of hydrogen-bond donors (Lipinski definition) is 0. The van der Waals surface area contributed by atoms with Gasteiger partial charge in [-0.05, 0) is 40.9 Å². The van der Waals surface area contributed by atoms with E-state index in [4.69, 9.17) is 0 Å². The van der Waals surface area contributed by atoms with Gasteiger partial charge < -0.3 is 0 Å². The van der Waals surface area contributed by atoms with Crippen LogP contribution in [-0.4, -0.2) is 4.98 Å². The van der Waals surface area contributed by atoms with Gasteiger partial charge in [0.1, 0.15) is 4.60 Å². The zero-order valence-corrected chi connectivity index (χ0v) is 11.8. The van der Waals surface area contributed by atoms with Crippen molar-refractivity contribution in [1.82, 2.24) is 4.98 Å². The smallest absolute Gasteiger partial charge is 0.106 e. The monoisotopic (exact) mass is 283 g/mol. The largest absolute Gasteiger partial charge is 0.246 e. The molecule has 0 atom stereocenters. The Morgan fingerprint density at radius 3 is 2.38 bits per heavy atom. The van der Waals surface area contributed by atoms with Gasteiger partial charge >= 0.3 is 0 Å². The lowest BCUT2D eigenvalue weighted by molar-refractivity contribution is 0.587. The molecule has 16 heavy (non-hydrogen) atoms. The van der Waals surface area contributed by atoms with Crippen LogP contribution in [0.1, 0.15) is 57.6 Å². The van der Waals surface area contributed by atoms with Gasteiger partial charge in [-0.25, -0.2) is 4.98 Å². The van der Waals surface area contributed by atoms with Crippen LogP contribution in [0.2, 0.25) is 0 Å². The van der Waals surface area contributed by atoms with Crippen LogP contribution >= 0.6 is 15.9 Å². The molecule has 0 radical (unpaired) electrons. The van der Waals surface area contributed by atoms with Gasteiger partial charge in [-0.1, -0.05) is 51.5 Å². The molecule has 0 fully saturated rings. The van der Waals surface area contributed by atoms with E-state index in [1.165, 1.54) is 50.6 Å². The van der Waals surface area contributed by atoms with Gasteiger partial charge in [-0.2, -0.15) is 0 Å². The number of hydrogen-bond acceptors (Lipinski definition) is 1. The Kier molecular flexibility index (Phi) is 7.48. The molecule has 0 aliphatic heterocycles. The normalized spacial score (nSPS) is 10.6. The number of aryl methyl sites for hydroxylation is 1. The minimum Gasteiger partial charge on any atom is -0.246 e. The Labute approximate surface area is 108 Å². The molecule has 2 heteroatoms. The van der Waals surface area contributed by atoms with Crippen molar-refractivity contribution in [3.63, 3.8) is 0 Å². The quantitative estimate of drug-likeness (QED) is 0.476. The molecule has 1 aromatic heterocycles. The van der Waals surface area contributed by atoms with Gasteiger partial charge in [0.15, 0.2) is 0 Å². The maximum Gasteiger partial charge on any atom is 0.106 e. The Morgan fingerprint density at radius 2 is 1.69 bits per heavy atom. The topological polar surface area (TPSA) is 12.9 Å². The molecule has 0 unspecified atom stereocenters. The van der Waals surface area contributed by atoms with Gasteiger partial charge in [-0.3, -0.25) is 0 Å². The predicted octanol–water partition coefficient (Wildman–Crippen LogP) is 5.14. The van der Waals surface area contributed by atoms with Crippen molar-refractivity contribution in [2.45, 2.75) is 58.3 Å². The molecule has 0 N–H and O–H groups in total. The SMILES string of the molecule is CCCCCCCCCc1cccc(Br)n1. The van der Waals surface area contributed by atoms with Crippen LogP contribution in [0.5, 0.6) is 0 Å². The van der Waals surface area contributed by atoms with Crippen LogP contribution in [0, 0.1) is 0 Å². The summed E-state index contributed by atoms with van der Waals surface area (Å²) < 4.78 is 0.952. The summed E-state index contributed by atoms with van der Waals surface area (Å²) in [6.45, 7) is 2.26. The number of nitrogens with zero attached hydrogens (tertiary/aromatic N) is 1. The third-order valence-electron chi connectivity index (χ3n) is 2.81. The van der Waals surface area contributed by atoms with Crippen molar-refractivity contribution < 1.29 is 0 Å². The molecule has 1 aromatic rings. The van der Waals surface area contributed by atoms with Gasteiger partial charge in [0, 0.05) is 5.69 Å². The second-order valence-electron chi connectivity index (χ2n) is 4.32. The average molecular weight is 284 g/mol. The fourth-order valence-corrected chi connectivity index (χ4v) is 2.23. The molecule has 0 aromatic carbocycles. The van der Waals surface area contributed by atoms with E-state index in [1.807, 2.05) is 6.07 Å². The first-order chi connectivity index (χ1) is 7.83. The summed E-state index contributed by atoms with van der Waals surface area (Å²) in [7, 11) is 0. The summed E-state index contributed by atoms with van der Waals surface area (Å²) in [5.41, 5.74) is 1.21. The molecule has 90 valence electrons. The second-order valence-corrected chi connectivity index (χ2v) is 5.14. The zero-order chi connectivity index (χ0) is 11.6. The Morgan fingerprint density at radius 1 is 1.00 bits per heavy atom. The van der Waals surface area contributed by atoms with Gasteiger partial charge in [0.2, 0.25) is 0 Å². The highest BCUT2D eigenvalue weighted by Crippen LogP contribution is 2.11. The van der Waals surface area contributed by atoms with Crippen LogP contribution < -0.4 is 0 Å². The maximum atomic E-state index is 4.44. The average Bonchev–Trinajstić information content (AvgIpc) is 2.28. The van der Waals surface area contributed by atoms with Crippen molar-refractivity contribution in [1.29, 1.82) is 0 Å². The van der Waals surface area contributed by atoms with Crippen LogP contribution in [0.25, 0.3) is 0 Å². The van der Waals surface area contributed by atoms with Gasteiger partial charge in [0.25, 0.3) is 0 Å². The van der Waals surface area contributed by atoms with E-state index in [1.54, 1.807) is 0 Å². The van der Waals surface area contributed by atoms with E-state index in [-0.39, 0.29) is 0 Å². The lowest BCUT2D eigenvalue weighted by atomic mass is 10.1. The van der Waals surface area contributed by atoms with E-state index >= 15 is 0 Å². The molecule has 0 aliphatic carbocycles. The molecule has 1 nitrogen and oxygen atoms in total. The third kappa shape index (κ3) is 6.26. The molecular formula is C14H22BrN. The number of halogens is 1. The molecule has 0 spiro atoms.